The average molecular weight is 305 g/mol. The smallest absolute Gasteiger partial charge is 0.320 e. The molecule has 0 aliphatic carbocycles. The van der Waals surface area contributed by atoms with Crippen LogP contribution in [-0.4, -0.2) is 64.5 Å². The van der Waals surface area contributed by atoms with Crippen molar-refractivity contribution in [3.63, 3.8) is 0 Å². The highest BCUT2D eigenvalue weighted by Crippen LogP contribution is 2.42. The lowest BCUT2D eigenvalue weighted by Gasteiger charge is -2.39. The van der Waals surface area contributed by atoms with Gasteiger partial charge >= 0.3 is 5.97 Å². The van der Waals surface area contributed by atoms with Crippen LogP contribution in [0.2, 0.25) is 0 Å². The quantitative estimate of drug-likeness (QED) is 0.864. The second-order valence-electron chi connectivity index (χ2n) is 6.86. The van der Waals surface area contributed by atoms with Crippen LogP contribution in [0, 0.1) is 12.3 Å². The van der Waals surface area contributed by atoms with Gasteiger partial charge in [0.2, 0.25) is 0 Å². The van der Waals surface area contributed by atoms with Crippen molar-refractivity contribution in [3.8, 4) is 0 Å². The van der Waals surface area contributed by atoms with Gasteiger partial charge in [-0.05, 0) is 50.3 Å². The molecule has 0 bridgehead atoms. The number of hydrogen-bond donors (Lipinski definition) is 2. The Bertz CT molecular complexity index is 587. The maximum absolute atomic E-state index is 12.4. The highest BCUT2D eigenvalue weighted by atomic mass is 16.4. The molecule has 22 heavy (non-hydrogen) atoms. The fraction of sp³-hybridized carbons (Fsp3) is 0.625. The summed E-state index contributed by atoms with van der Waals surface area (Å²) in [6, 6.07) is 1.49. The molecule has 6 nitrogen and oxygen atoms in total. The number of nitrogens with zero attached hydrogens (tertiary/aromatic N) is 2. The van der Waals surface area contributed by atoms with Crippen molar-refractivity contribution < 1.29 is 14.7 Å². The maximum atomic E-state index is 12.4. The van der Waals surface area contributed by atoms with E-state index in [1.165, 1.54) is 0 Å². The van der Waals surface area contributed by atoms with E-state index in [1.807, 2.05) is 36.0 Å². The molecule has 0 radical (unpaired) electrons. The number of aliphatic carboxylic acids is 1. The number of likely N-dealkylation sites (tertiary alicyclic amines) is 2. The molecule has 2 aliphatic heterocycles. The van der Waals surface area contributed by atoms with Crippen molar-refractivity contribution in [2.75, 3.05) is 26.7 Å². The first kappa shape index (κ1) is 15.1. The molecule has 0 unspecified atom stereocenters. The molecule has 1 aromatic heterocycles. The number of carbonyl (C=O) groups is 2. The number of hydrogen-bond acceptors (Lipinski definition) is 3. The van der Waals surface area contributed by atoms with Gasteiger partial charge in [-0.3, -0.25) is 14.5 Å². The van der Waals surface area contributed by atoms with Gasteiger partial charge in [0.1, 0.15) is 11.7 Å². The number of H-pyrrole nitrogens is 1. The number of carboxylic acids is 1. The lowest BCUT2D eigenvalue weighted by Crippen LogP contribution is -2.44. The van der Waals surface area contributed by atoms with E-state index in [0.717, 1.165) is 24.9 Å². The van der Waals surface area contributed by atoms with E-state index >= 15 is 0 Å². The number of piperidine rings is 1. The minimum absolute atomic E-state index is 0.0455. The number of amides is 1. The van der Waals surface area contributed by atoms with E-state index in [1.54, 1.807) is 0 Å². The Hall–Kier alpha value is -1.82. The van der Waals surface area contributed by atoms with Crippen LogP contribution in [0.25, 0.3) is 0 Å². The zero-order chi connectivity index (χ0) is 15.9. The molecule has 1 amide bonds. The molecule has 3 heterocycles. The summed E-state index contributed by atoms with van der Waals surface area (Å²) in [5.74, 6) is -0.691. The molecule has 120 valence electrons. The van der Waals surface area contributed by atoms with Crippen LogP contribution >= 0.6 is 0 Å². The first-order chi connectivity index (χ1) is 10.4. The van der Waals surface area contributed by atoms with Crippen LogP contribution in [0.5, 0.6) is 0 Å². The third kappa shape index (κ3) is 2.63. The van der Waals surface area contributed by atoms with Gasteiger partial charge in [0.05, 0.1) is 0 Å². The Labute approximate surface area is 130 Å². The fourth-order valence-corrected chi connectivity index (χ4v) is 3.89. The van der Waals surface area contributed by atoms with E-state index in [9.17, 15) is 14.7 Å². The summed E-state index contributed by atoms with van der Waals surface area (Å²) in [6.45, 7) is 4.18. The predicted molar refractivity (Wildman–Crippen MR) is 81.8 cm³/mol. The van der Waals surface area contributed by atoms with E-state index in [4.69, 9.17) is 0 Å². The number of aryl methyl sites for hydroxylation is 1. The standard InChI is InChI=1S/C16H23N3O3/c1-11-7-12(17-9-11)14(20)19-5-3-16(4-6-19)8-13(15(21)22)18(2)10-16/h7,9,13,17H,3-6,8,10H2,1-2H3,(H,21,22)/t13-/m0/s1. The average Bonchev–Trinajstić information content (AvgIpc) is 3.03. The van der Waals surface area contributed by atoms with Gasteiger partial charge in [-0.2, -0.15) is 0 Å². The Morgan fingerprint density at radius 2 is 2.05 bits per heavy atom. The summed E-state index contributed by atoms with van der Waals surface area (Å²) in [7, 11) is 1.88. The fourth-order valence-electron chi connectivity index (χ4n) is 3.89. The van der Waals surface area contributed by atoms with E-state index in [-0.39, 0.29) is 17.4 Å². The summed E-state index contributed by atoms with van der Waals surface area (Å²) in [5.41, 5.74) is 1.75. The monoisotopic (exact) mass is 305 g/mol. The van der Waals surface area contributed by atoms with Gasteiger partial charge < -0.3 is 15.0 Å². The summed E-state index contributed by atoms with van der Waals surface area (Å²) in [6.07, 6.45) is 4.30. The lowest BCUT2D eigenvalue weighted by molar-refractivity contribution is -0.141. The van der Waals surface area contributed by atoms with Crippen molar-refractivity contribution in [2.45, 2.75) is 32.2 Å². The molecule has 1 atom stereocenters. The summed E-state index contributed by atoms with van der Waals surface area (Å²) in [5, 5.41) is 9.28. The normalized spacial score (nSPS) is 24.8. The molecular weight excluding hydrogens is 282 g/mol. The van der Waals surface area contributed by atoms with E-state index in [2.05, 4.69) is 4.98 Å². The van der Waals surface area contributed by atoms with Gasteiger partial charge in [-0.1, -0.05) is 0 Å². The molecule has 1 spiro atoms. The molecule has 0 aromatic carbocycles. The Morgan fingerprint density at radius 3 is 2.55 bits per heavy atom. The highest BCUT2D eigenvalue weighted by Gasteiger charge is 2.47. The molecule has 3 rings (SSSR count). The number of aromatic nitrogens is 1. The number of carbonyl (C=O) groups excluding carboxylic acids is 1. The lowest BCUT2D eigenvalue weighted by atomic mass is 9.76. The van der Waals surface area contributed by atoms with Crippen LogP contribution in [0.1, 0.15) is 35.3 Å². The van der Waals surface area contributed by atoms with Crippen LogP contribution in [0.4, 0.5) is 0 Å². The topological polar surface area (TPSA) is 76.6 Å². The van der Waals surface area contributed by atoms with E-state index < -0.39 is 5.97 Å². The third-order valence-electron chi connectivity index (χ3n) is 5.20. The Balaban J connectivity index is 1.63. The molecule has 2 N–H and O–H groups in total. The molecule has 1 aromatic rings. The third-order valence-corrected chi connectivity index (χ3v) is 5.20. The highest BCUT2D eigenvalue weighted by molar-refractivity contribution is 5.92. The Kier molecular flexibility index (Phi) is 3.72. The van der Waals surface area contributed by atoms with Crippen molar-refractivity contribution >= 4 is 11.9 Å². The van der Waals surface area contributed by atoms with Crippen molar-refractivity contribution in [3.05, 3.63) is 23.5 Å². The molecule has 0 saturated carbocycles. The minimum Gasteiger partial charge on any atom is -0.480 e. The number of likely N-dealkylation sites (N-methyl/N-ethyl adjacent to an activating group) is 1. The minimum atomic E-state index is -0.736. The van der Waals surface area contributed by atoms with Crippen LogP contribution in [0.3, 0.4) is 0 Å². The van der Waals surface area contributed by atoms with Crippen molar-refractivity contribution in [1.82, 2.24) is 14.8 Å². The molecule has 2 saturated heterocycles. The zero-order valence-electron chi connectivity index (χ0n) is 13.1. The first-order valence-corrected chi connectivity index (χ1v) is 7.78. The van der Waals surface area contributed by atoms with E-state index in [0.29, 0.717) is 25.2 Å². The summed E-state index contributed by atoms with van der Waals surface area (Å²) in [4.78, 5) is 30.6. The number of rotatable bonds is 2. The summed E-state index contributed by atoms with van der Waals surface area (Å²) < 4.78 is 0. The second kappa shape index (κ2) is 5.43. The molecule has 2 fully saturated rings. The number of carboxylic acid groups (broad SMARTS) is 1. The number of nitrogens with one attached hydrogen (secondary N) is 1. The zero-order valence-corrected chi connectivity index (χ0v) is 13.1. The predicted octanol–water partition coefficient (Wildman–Crippen LogP) is 1.33. The Morgan fingerprint density at radius 1 is 1.36 bits per heavy atom. The summed E-state index contributed by atoms with van der Waals surface area (Å²) >= 11 is 0. The van der Waals surface area contributed by atoms with Crippen molar-refractivity contribution in [2.24, 2.45) is 5.41 Å². The van der Waals surface area contributed by atoms with Gasteiger partial charge in [-0.15, -0.1) is 0 Å². The molecule has 6 heteroatoms. The first-order valence-electron chi connectivity index (χ1n) is 7.78. The second-order valence-corrected chi connectivity index (χ2v) is 6.86. The SMILES string of the molecule is Cc1c[nH]c(C(=O)N2CCC3(CC2)C[C@@H](C(=O)O)N(C)C3)c1. The number of aromatic amines is 1. The van der Waals surface area contributed by atoms with Crippen LogP contribution in [0.15, 0.2) is 12.3 Å². The van der Waals surface area contributed by atoms with Gasteiger partial charge in [0.15, 0.2) is 0 Å². The maximum Gasteiger partial charge on any atom is 0.320 e. The van der Waals surface area contributed by atoms with Gasteiger partial charge in [0.25, 0.3) is 5.91 Å². The van der Waals surface area contributed by atoms with Crippen LogP contribution < -0.4 is 0 Å². The van der Waals surface area contributed by atoms with Crippen molar-refractivity contribution in [1.29, 1.82) is 0 Å². The largest absolute Gasteiger partial charge is 0.480 e. The van der Waals surface area contributed by atoms with Crippen LogP contribution in [-0.2, 0) is 4.79 Å². The molecular formula is C16H23N3O3. The van der Waals surface area contributed by atoms with Gasteiger partial charge in [-0.25, -0.2) is 0 Å². The van der Waals surface area contributed by atoms with Gasteiger partial charge in [0, 0.05) is 25.8 Å². The molecule has 2 aliphatic rings.